The molecule has 0 bridgehead atoms. The second kappa shape index (κ2) is 7.71. The average molecular weight is 318 g/mol. The van der Waals surface area contributed by atoms with Gasteiger partial charge >= 0.3 is 6.09 Å². The normalized spacial score (nSPS) is 21.6. The van der Waals surface area contributed by atoms with Crippen LogP contribution < -0.4 is 10.6 Å². The molecule has 2 rings (SSSR count). The minimum Gasteiger partial charge on any atom is -0.444 e. The lowest BCUT2D eigenvalue weighted by atomic mass is 9.83. The van der Waals surface area contributed by atoms with E-state index in [2.05, 4.69) is 23.6 Å². The van der Waals surface area contributed by atoms with Crippen LogP contribution in [-0.2, 0) is 4.74 Å². The molecule has 0 aliphatic heterocycles. The maximum absolute atomic E-state index is 11.9. The van der Waals surface area contributed by atoms with Gasteiger partial charge in [0, 0.05) is 17.4 Å². The van der Waals surface area contributed by atoms with Crippen molar-refractivity contribution in [2.45, 2.75) is 71.4 Å². The van der Waals surface area contributed by atoms with Crippen LogP contribution in [0.2, 0.25) is 0 Å². The monoisotopic (exact) mass is 318 g/mol. The van der Waals surface area contributed by atoms with Gasteiger partial charge in [-0.1, -0.05) is 32.3 Å². The number of hydrogen-bond acceptors (Lipinski definition) is 3. The number of benzene rings is 1. The van der Waals surface area contributed by atoms with Crippen molar-refractivity contribution in [1.82, 2.24) is 0 Å². The highest BCUT2D eigenvalue weighted by molar-refractivity contribution is 5.85. The van der Waals surface area contributed by atoms with Crippen molar-refractivity contribution in [1.29, 1.82) is 0 Å². The number of rotatable bonds is 4. The van der Waals surface area contributed by atoms with E-state index < -0.39 is 11.7 Å². The predicted octanol–water partition coefficient (Wildman–Crippen LogP) is 5.41. The Morgan fingerprint density at radius 2 is 1.91 bits per heavy atom. The molecule has 1 aromatic rings. The highest BCUT2D eigenvalue weighted by Crippen LogP contribution is 2.30. The Kier molecular flexibility index (Phi) is 5.91. The number of amides is 1. The third kappa shape index (κ3) is 5.77. The third-order valence-corrected chi connectivity index (χ3v) is 4.29. The fourth-order valence-corrected chi connectivity index (χ4v) is 3.21. The maximum atomic E-state index is 11.9. The maximum Gasteiger partial charge on any atom is 0.412 e. The van der Waals surface area contributed by atoms with Gasteiger partial charge in [-0.15, -0.1) is 0 Å². The Balaban J connectivity index is 1.98. The lowest BCUT2D eigenvalue weighted by molar-refractivity contribution is 0.0636. The molecule has 4 heteroatoms. The minimum absolute atomic E-state index is 0.418. The zero-order valence-corrected chi connectivity index (χ0v) is 14.8. The molecular weight excluding hydrogens is 288 g/mol. The van der Waals surface area contributed by atoms with Crippen molar-refractivity contribution < 1.29 is 9.53 Å². The number of anilines is 2. The van der Waals surface area contributed by atoms with Gasteiger partial charge in [0.15, 0.2) is 0 Å². The molecule has 2 unspecified atom stereocenters. The van der Waals surface area contributed by atoms with E-state index in [1.807, 2.05) is 39.0 Å². The number of carbonyl (C=O) groups is 1. The van der Waals surface area contributed by atoms with Crippen LogP contribution in [-0.4, -0.2) is 17.7 Å². The van der Waals surface area contributed by atoms with Crippen molar-refractivity contribution in [3.05, 3.63) is 24.3 Å². The van der Waals surface area contributed by atoms with Gasteiger partial charge in [-0.25, -0.2) is 4.79 Å². The number of ether oxygens (including phenoxy) is 1. The van der Waals surface area contributed by atoms with Crippen LogP contribution in [0, 0.1) is 5.92 Å². The number of carbonyl (C=O) groups excluding carboxylic acids is 1. The van der Waals surface area contributed by atoms with E-state index >= 15 is 0 Å². The van der Waals surface area contributed by atoms with E-state index in [1.165, 1.54) is 32.1 Å². The SMILES string of the molecule is CCC1CCCCC1Nc1cccc(NC(=O)OC(C)(C)C)c1. The lowest BCUT2D eigenvalue weighted by Gasteiger charge is -2.32. The van der Waals surface area contributed by atoms with Crippen LogP contribution in [0.4, 0.5) is 16.2 Å². The summed E-state index contributed by atoms with van der Waals surface area (Å²) in [5.41, 5.74) is 1.33. The van der Waals surface area contributed by atoms with Gasteiger partial charge in [-0.2, -0.15) is 0 Å². The Bertz CT molecular complexity index is 522. The van der Waals surface area contributed by atoms with Gasteiger partial charge in [0.05, 0.1) is 0 Å². The molecule has 23 heavy (non-hydrogen) atoms. The van der Waals surface area contributed by atoms with Crippen molar-refractivity contribution >= 4 is 17.5 Å². The van der Waals surface area contributed by atoms with Gasteiger partial charge < -0.3 is 10.1 Å². The first-order valence-electron chi connectivity index (χ1n) is 8.74. The van der Waals surface area contributed by atoms with Gasteiger partial charge in [0.1, 0.15) is 5.60 Å². The summed E-state index contributed by atoms with van der Waals surface area (Å²) in [5, 5.41) is 6.45. The van der Waals surface area contributed by atoms with E-state index in [4.69, 9.17) is 4.74 Å². The van der Waals surface area contributed by atoms with Crippen LogP contribution in [0.25, 0.3) is 0 Å². The van der Waals surface area contributed by atoms with Gasteiger partial charge in [0.2, 0.25) is 0 Å². The molecule has 0 aromatic heterocycles. The molecule has 128 valence electrons. The number of hydrogen-bond donors (Lipinski definition) is 2. The fourth-order valence-electron chi connectivity index (χ4n) is 3.21. The summed E-state index contributed by atoms with van der Waals surface area (Å²) >= 11 is 0. The summed E-state index contributed by atoms with van der Waals surface area (Å²) in [6.07, 6.45) is 5.97. The van der Waals surface area contributed by atoms with E-state index in [0.29, 0.717) is 6.04 Å². The van der Waals surface area contributed by atoms with Crippen LogP contribution >= 0.6 is 0 Å². The summed E-state index contributed by atoms with van der Waals surface area (Å²) in [7, 11) is 0. The van der Waals surface area contributed by atoms with E-state index in [0.717, 1.165) is 17.3 Å². The minimum atomic E-state index is -0.490. The molecule has 0 saturated heterocycles. The van der Waals surface area contributed by atoms with Crippen molar-refractivity contribution in [3.63, 3.8) is 0 Å². The summed E-state index contributed by atoms with van der Waals surface area (Å²) in [6, 6.07) is 8.41. The highest BCUT2D eigenvalue weighted by atomic mass is 16.6. The topological polar surface area (TPSA) is 50.4 Å². The zero-order valence-electron chi connectivity index (χ0n) is 14.8. The molecule has 1 aliphatic carbocycles. The Hall–Kier alpha value is -1.71. The summed E-state index contributed by atoms with van der Waals surface area (Å²) < 4.78 is 5.30. The molecule has 2 atom stereocenters. The van der Waals surface area contributed by atoms with Crippen LogP contribution in [0.15, 0.2) is 24.3 Å². The molecule has 1 aliphatic rings. The van der Waals surface area contributed by atoms with E-state index in [-0.39, 0.29) is 0 Å². The first kappa shape index (κ1) is 17.6. The van der Waals surface area contributed by atoms with Gasteiger partial charge in [-0.05, 0) is 57.7 Å². The smallest absolute Gasteiger partial charge is 0.412 e. The fraction of sp³-hybridized carbons (Fsp3) is 0.632. The molecule has 1 aromatic carbocycles. The third-order valence-electron chi connectivity index (χ3n) is 4.29. The second-order valence-electron chi connectivity index (χ2n) is 7.41. The summed E-state index contributed by atoms with van der Waals surface area (Å²) in [6.45, 7) is 7.85. The molecule has 0 radical (unpaired) electrons. The van der Waals surface area contributed by atoms with E-state index in [1.54, 1.807) is 0 Å². The average Bonchev–Trinajstić information content (AvgIpc) is 2.46. The first-order valence-corrected chi connectivity index (χ1v) is 8.74. The molecule has 4 nitrogen and oxygen atoms in total. The van der Waals surface area contributed by atoms with E-state index in [9.17, 15) is 4.79 Å². The molecular formula is C19H30N2O2. The molecule has 1 fully saturated rings. The highest BCUT2D eigenvalue weighted by Gasteiger charge is 2.23. The van der Waals surface area contributed by atoms with Crippen molar-refractivity contribution in [3.8, 4) is 0 Å². The summed E-state index contributed by atoms with van der Waals surface area (Å²) in [5.74, 6) is 0.742. The molecule has 2 N–H and O–H groups in total. The quantitative estimate of drug-likeness (QED) is 0.780. The Morgan fingerprint density at radius 3 is 2.61 bits per heavy atom. The predicted molar refractivity (Wildman–Crippen MR) is 96.0 cm³/mol. The molecule has 0 heterocycles. The lowest BCUT2D eigenvalue weighted by Crippen LogP contribution is -2.31. The molecule has 1 amide bonds. The molecule has 1 saturated carbocycles. The van der Waals surface area contributed by atoms with Crippen LogP contribution in [0.5, 0.6) is 0 Å². The first-order chi connectivity index (χ1) is 10.9. The Labute approximate surface area is 140 Å². The van der Waals surface area contributed by atoms with Crippen molar-refractivity contribution in [2.24, 2.45) is 5.92 Å². The number of nitrogens with one attached hydrogen (secondary N) is 2. The largest absolute Gasteiger partial charge is 0.444 e. The molecule has 0 spiro atoms. The van der Waals surface area contributed by atoms with Crippen LogP contribution in [0.1, 0.15) is 59.8 Å². The van der Waals surface area contributed by atoms with Crippen LogP contribution in [0.3, 0.4) is 0 Å². The van der Waals surface area contributed by atoms with Gasteiger partial charge in [-0.3, -0.25) is 5.32 Å². The second-order valence-corrected chi connectivity index (χ2v) is 7.41. The summed E-state index contributed by atoms with van der Waals surface area (Å²) in [4.78, 5) is 11.9. The Morgan fingerprint density at radius 1 is 1.22 bits per heavy atom. The standard InChI is InChI=1S/C19H30N2O2/c1-5-14-9-6-7-12-17(14)20-15-10-8-11-16(13-15)21-18(22)23-19(2,3)4/h8,10-11,13-14,17,20H,5-7,9,12H2,1-4H3,(H,21,22). The zero-order chi connectivity index (χ0) is 16.9. The van der Waals surface area contributed by atoms with Gasteiger partial charge in [0.25, 0.3) is 0 Å². The van der Waals surface area contributed by atoms with Crippen molar-refractivity contribution in [2.75, 3.05) is 10.6 Å².